The third-order valence-corrected chi connectivity index (χ3v) is 8.18. The van der Waals surface area contributed by atoms with Gasteiger partial charge in [0.05, 0.1) is 37.0 Å². The van der Waals surface area contributed by atoms with Crippen molar-refractivity contribution >= 4 is 48.1 Å². The van der Waals surface area contributed by atoms with Crippen LogP contribution in [0.2, 0.25) is 5.02 Å². The SMILES string of the molecule is CCOP(=O)(OCC)OC[C@H](O)C[C@@H](COC(=O)Nc1cc2ccccc2cn1)N(C)C(=O)NCc1cccc(F)c1Cl. The van der Waals surface area contributed by atoms with Gasteiger partial charge in [-0.1, -0.05) is 48.0 Å². The normalized spacial score (nSPS) is 12.9. The Balaban J connectivity index is 1.66. The number of fused-ring (bicyclic) bond motifs is 1. The van der Waals surface area contributed by atoms with Gasteiger partial charge in [0.25, 0.3) is 0 Å². The van der Waals surface area contributed by atoms with Gasteiger partial charge < -0.3 is 20.1 Å². The van der Waals surface area contributed by atoms with Crippen LogP contribution in [0.4, 0.5) is 19.8 Å². The largest absolute Gasteiger partial charge is 0.474 e. The fourth-order valence-corrected chi connectivity index (χ4v) is 5.34. The number of likely N-dealkylation sites (N-methyl/N-ethyl adjacent to an activating group) is 1. The number of aromatic nitrogens is 1. The van der Waals surface area contributed by atoms with Crippen molar-refractivity contribution in [3.63, 3.8) is 0 Å². The molecule has 0 fully saturated rings. The van der Waals surface area contributed by atoms with Gasteiger partial charge in [0.15, 0.2) is 0 Å². The first-order valence-electron chi connectivity index (χ1n) is 13.5. The van der Waals surface area contributed by atoms with Gasteiger partial charge in [-0.2, -0.15) is 0 Å². The quantitative estimate of drug-likeness (QED) is 0.177. The molecule has 0 aliphatic carbocycles. The van der Waals surface area contributed by atoms with Gasteiger partial charge in [0.2, 0.25) is 0 Å². The first kappa shape index (κ1) is 34.2. The average molecular weight is 641 g/mol. The van der Waals surface area contributed by atoms with E-state index < -0.39 is 44.5 Å². The Morgan fingerprint density at radius 2 is 1.77 bits per heavy atom. The number of nitrogens with zero attached hydrogens (tertiary/aromatic N) is 2. The van der Waals surface area contributed by atoms with Crippen LogP contribution in [-0.4, -0.2) is 72.7 Å². The molecule has 0 spiro atoms. The maximum Gasteiger partial charge on any atom is 0.474 e. The topological polar surface area (TPSA) is 149 Å². The second-order valence-corrected chi connectivity index (χ2v) is 11.3. The lowest BCUT2D eigenvalue weighted by molar-refractivity contribution is 0.0353. The molecule has 15 heteroatoms. The van der Waals surface area contributed by atoms with Crippen LogP contribution in [0.1, 0.15) is 25.8 Å². The van der Waals surface area contributed by atoms with Gasteiger partial charge in [-0.3, -0.25) is 18.9 Å². The van der Waals surface area contributed by atoms with Crippen molar-refractivity contribution in [2.75, 3.05) is 38.8 Å². The zero-order valence-corrected chi connectivity index (χ0v) is 25.6. The summed E-state index contributed by atoms with van der Waals surface area (Å²) in [6.07, 6.45) is -0.641. The molecule has 0 aliphatic heterocycles. The third-order valence-electron chi connectivity index (χ3n) is 6.14. The Hall–Kier alpha value is -3.32. The number of aliphatic hydroxyl groups is 1. The van der Waals surface area contributed by atoms with Crippen LogP contribution in [-0.2, 0) is 29.4 Å². The van der Waals surface area contributed by atoms with Crippen LogP contribution in [0.5, 0.6) is 0 Å². The Labute approximate surface area is 254 Å². The van der Waals surface area contributed by atoms with Crippen LogP contribution >= 0.6 is 19.4 Å². The lowest BCUT2D eigenvalue weighted by atomic mass is 10.1. The molecule has 3 rings (SSSR count). The first-order chi connectivity index (χ1) is 20.5. The zero-order valence-electron chi connectivity index (χ0n) is 24.0. The van der Waals surface area contributed by atoms with Gasteiger partial charge >= 0.3 is 19.9 Å². The Kier molecular flexibility index (Phi) is 13.1. The van der Waals surface area contributed by atoms with Crippen LogP contribution < -0.4 is 10.6 Å². The second kappa shape index (κ2) is 16.5. The molecule has 12 nitrogen and oxygen atoms in total. The lowest BCUT2D eigenvalue weighted by Crippen LogP contribution is -2.47. The summed E-state index contributed by atoms with van der Waals surface area (Å²) in [7, 11) is -2.47. The first-order valence-corrected chi connectivity index (χ1v) is 15.3. The number of halogens is 2. The van der Waals surface area contributed by atoms with Gasteiger partial charge in [-0.25, -0.2) is 23.5 Å². The minimum Gasteiger partial charge on any atom is -0.447 e. The van der Waals surface area contributed by atoms with Crippen LogP contribution in [0.3, 0.4) is 0 Å². The fourth-order valence-electron chi connectivity index (χ4n) is 3.94. The number of benzene rings is 2. The van der Waals surface area contributed by atoms with Gasteiger partial charge in [-0.15, -0.1) is 0 Å². The number of carbonyl (C=O) groups is 2. The molecule has 2 atom stereocenters. The number of aliphatic hydroxyl groups excluding tert-OH is 1. The standard InChI is InChI=1S/C28H35ClFN4O8P/c1-4-40-43(38,41-5-2)42-18-23(35)14-22(34(3)27(36)32-16-21-11-8-12-24(30)26(21)29)17-39-28(37)33-25-13-19-9-6-7-10-20(19)15-31-25/h6-13,15,22-23,35H,4-5,14,16-18H2,1-3H3,(H,32,36)(H,31,33,37)/t22-,23+/m0/s1. The van der Waals surface area contributed by atoms with E-state index in [1.54, 1.807) is 32.2 Å². The predicted octanol–water partition coefficient (Wildman–Crippen LogP) is 5.73. The number of pyridine rings is 1. The van der Waals surface area contributed by atoms with Crippen molar-refractivity contribution in [2.24, 2.45) is 0 Å². The van der Waals surface area contributed by atoms with E-state index in [-0.39, 0.29) is 43.6 Å². The number of phosphoric ester groups is 1. The molecule has 0 bridgehead atoms. The molecule has 1 aromatic heterocycles. The highest BCUT2D eigenvalue weighted by Crippen LogP contribution is 2.49. The van der Waals surface area contributed by atoms with E-state index in [4.69, 9.17) is 29.9 Å². The van der Waals surface area contributed by atoms with Crippen molar-refractivity contribution < 1.29 is 42.0 Å². The molecule has 3 N–H and O–H groups in total. The van der Waals surface area contributed by atoms with Crippen molar-refractivity contribution in [1.82, 2.24) is 15.2 Å². The molecule has 0 saturated carbocycles. The highest BCUT2D eigenvalue weighted by Gasteiger charge is 2.29. The summed E-state index contributed by atoms with van der Waals surface area (Å²) in [6, 6.07) is 11.9. The number of phosphoric acid groups is 1. The zero-order chi connectivity index (χ0) is 31.4. The smallest absolute Gasteiger partial charge is 0.447 e. The monoisotopic (exact) mass is 640 g/mol. The number of ether oxygens (including phenoxy) is 1. The highest BCUT2D eigenvalue weighted by atomic mass is 35.5. The summed E-state index contributed by atoms with van der Waals surface area (Å²) in [6.45, 7) is 2.47. The lowest BCUT2D eigenvalue weighted by Gasteiger charge is -2.30. The molecule has 0 radical (unpaired) electrons. The van der Waals surface area contributed by atoms with E-state index in [0.29, 0.717) is 5.56 Å². The molecule has 0 unspecified atom stereocenters. The molecule has 43 heavy (non-hydrogen) atoms. The summed E-state index contributed by atoms with van der Waals surface area (Å²) in [5, 5.41) is 17.5. The van der Waals surface area contributed by atoms with Crippen LogP contribution in [0.15, 0.2) is 54.7 Å². The molecular formula is C28H35ClFN4O8P. The van der Waals surface area contributed by atoms with E-state index in [0.717, 1.165) is 10.8 Å². The predicted molar refractivity (Wildman–Crippen MR) is 159 cm³/mol. The number of hydrogen-bond acceptors (Lipinski definition) is 9. The average Bonchev–Trinajstić information content (AvgIpc) is 2.98. The van der Waals surface area contributed by atoms with Gasteiger partial charge in [0.1, 0.15) is 18.2 Å². The number of nitrogens with one attached hydrogen (secondary N) is 2. The van der Waals surface area contributed by atoms with E-state index >= 15 is 0 Å². The maximum absolute atomic E-state index is 13.8. The van der Waals surface area contributed by atoms with Crippen LogP contribution in [0.25, 0.3) is 10.8 Å². The van der Waals surface area contributed by atoms with Crippen molar-refractivity contribution in [3.05, 3.63) is 71.1 Å². The summed E-state index contributed by atoms with van der Waals surface area (Å²) in [5.41, 5.74) is 0.356. The van der Waals surface area contributed by atoms with Crippen molar-refractivity contribution in [2.45, 2.75) is 39.0 Å². The highest BCUT2D eigenvalue weighted by molar-refractivity contribution is 7.48. The summed E-state index contributed by atoms with van der Waals surface area (Å²) < 4.78 is 47.2. The van der Waals surface area contributed by atoms with Gasteiger partial charge in [-0.05, 0) is 43.4 Å². The minimum absolute atomic E-state index is 0.0588. The van der Waals surface area contributed by atoms with E-state index in [2.05, 4.69) is 15.6 Å². The molecule has 0 saturated heterocycles. The molecule has 0 aliphatic rings. The van der Waals surface area contributed by atoms with Gasteiger partial charge in [0, 0.05) is 25.2 Å². The number of urea groups is 1. The molecule has 2 aromatic carbocycles. The molecule has 234 valence electrons. The number of rotatable bonds is 15. The fraction of sp³-hybridized carbons (Fsp3) is 0.393. The number of carbonyl (C=O) groups excluding carboxylic acids is 2. The molecule has 1 heterocycles. The third kappa shape index (κ3) is 10.4. The van der Waals surface area contributed by atoms with E-state index in [1.807, 2.05) is 24.3 Å². The van der Waals surface area contributed by atoms with Crippen molar-refractivity contribution in [1.29, 1.82) is 0 Å². The molecular weight excluding hydrogens is 606 g/mol. The maximum atomic E-state index is 13.8. The second-order valence-electron chi connectivity index (χ2n) is 9.24. The number of amides is 3. The number of anilines is 1. The summed E-state index contributed by atoms with van der Waals surface area (Å²) in [4.78, 5) is 31.0. The number of hydrogen-bond donors (Lipinski definition) is 3. The van der Waals surface area contributed by atoms with E-state index in [9.17, 15) is 23.7 Å². The molecule has 3 amide bonds. The molecule has 3 aromatic rings. The van der Waals surface area contributed by atoms with E-state index in [1.165, 1.54) is 24.1 Å². The Bertz CT molecular complexity index is 1420. The summed E-state index contributed by atoms with van der Waals surface area (Å²) >= 11 is 5.99. The Morgan fingerprint density at radius 1 is 1.07 bits per heavy atom. The summed E-state index contributed by atoms with van der Waals surface area (Å²) in [5.74, 6) is -0.367. The Morgan fingerprint density at radius 3 is 2.47 bits per heavy atom. The minimum atomic E-state index is -3.90. The van der Waals surface area contributed by atoms with Crippen LogP contribution in [0, 0.1) is 5.82 Å². The van der Waals surface area contributed by atoms with Crippen molar-refractivity contribution in [3.8, 4) is 0 Å².